The van der Waals surface area contributed by atoms with Crippen LogP contribution in [0.25, 0.3) is 0 Å². The summed E-state index contributed by atoms with van der Waals surface area (Å²) < 4.78 is 11.7. The number of hydrogen-bond donors (Lipinski definition) is 1. The van der Waals surface area contributed by atoms with Crippen molar-refractivity contribution in [2.45, 2.75) is 0 Å². The minimum Gasteiger partial charge on any atom is -0.382 e. The first-order valence-corrected chi connectivity index (χ1v) is 3.67. The fraction of sp³-hybridized carbons (Fsp3) is 0.222. The van der Waals surface area contributed by atoms with Crippen molar-refractivity contribution in [1.29, 1.82) is 5.26 Å². The largest absolute Gasteiger partial charge is 0.382 e. The number of halogens is 1. The summed E-state index contributed by atoms with van der Waals surface area (Å²) in [5.74, 6) is 0. The summed E-state index contributed by atoms with van der Waals surface area (Å²) in [4.78, 5) is 0. The van der Waals surface area contributed by atoms with Crippen molar-refractivity contribution in [3.63, 3.8) is 0 Å². The van der Waals surface area contributed by atoms with Crippen molar-refractivity contribution in [3.8, 4) is 6.07 Å². The van der Waals surface area contributed by atoms with Crippen LogP contribution in [0.3, 0.4) is 0 Å². The van der Waals surface area contributed by atoms with Gasteiger partial charge in [-0.05, 0) is 24.3 Å². The van der Waals surface area contributed by atoms with Crippen LogP contribution in [0.4, 0.5) is 10.1 Å². The molecular formula is C9H9FN2. The molecule has 1 rings (SSSR count). The van der Waals surface area contributed by atoms with E-state index in [-0.39, 0.29) is 6.67 Å². The lowest BCUT2D eigenvalue weighted by Crippen LogP contribution is -2.02. The van der Waals surface area contributed by atoms with Crippen LogP contribution in [0, 0.1) is 11.3 Å². The van der Waals surface area contributed by atoms with Crippen molar-refractivity contribution in [2.75, 3.05) is 18.5 Å². The molecule has 0 saturated carbocycles. The van der Waals surface area contributed by atoms with E-state index in [1.54, 1.807) is 24.3 Å². The monoisotopic (exact) mass is 164 g/mol. The summed E-state index contributed by atoms with van der Waals surface area (Å²) in [5, 5.41) is 11.3. The summed E-state index contributed by atoms with van der Waals surface area (Å²) in [7, 11) is 0. The predicted octanol–water partition coefficient (Wildman–Crippen LogP) is 1.94. The molecule has 0 bridgehead atoms. The number of alkyl halides is 1. The van der Waals surface area contributed by atoms with Crippen molar-refractivity contribution in [2.24, 2.45) is 0 Å². The van der Waals surface area contributed by atoms with E-state index in [1.807, 2.05) is 6.07 Å². The van der Waals surface area contributed by atoms with Crippen molar-refractivity contribution >= 4 is 5.69 Å². The van der Waals surface area contributed by atoms with Gasteiger partial charge in [0.1, 0.15) is 6.67 Å². The van der Waals surface area contributed by atoms with E-state index >= 15 is 0 Å². The molecule has 62 valence electrons. The summed E-state index contributed by atoms with van der Waals surface area (Å²) >= 11 is 0. The lowest BCUT2D eigenvalue weighted by atomic mass is 10.2. The second kappa shape index (κ2) is 4.35. The lowest BCUT2D eigenvalue weighted by Gasteiger charge is -2.01. The molecule has 0 aliphatic rings. The average Bonchev–Trinajstić information content (AvgIpc) is 2.15. The van der Waals surface area contributed by atoms with Crippen LogP contribution in [0.5, 0.6) is 0 Å². The molecule has 0 spiro atoms. The number of rotatable bonds is 3. The smallest absolute Gasteiger partial charge is 0.107 e. The maximum atomic E-state index is 11.7. The Hall–Kier alpha value is -1.56. The fourth-order valence-corrected chi connectivity index (χ4v) is 0.854. The normalized spacial score (nSPS) is 9.00. The van der Waals surface area contributed by atoms with Crippen LogP contribution in [0.1, 0.15) is 5.56 Å². The molecule has 0 aromatic heterocycles. The Kier molecular flexibility index (Phi) is 3.09. The van der Waals surface area contributed by atoms with E-state index in [0.29, 0.717) is 12.1 Å². The molecule has 1 aromatic rings. The van der Waals surface area contributed by atoms with E-state index in [9.17, 15) is 4.39 Å². The Morgan fingerprint density at radius 3 is 2.50 bits per heavy atom. The highest BCUT2D eigenvalue weighted by molar-refractivity contribution is 5.46. The summed E-state index contributed by atoms with van der Waals surface area (Å²) in [6.45, 7) is -0.0775. The molecule has 0 radical (unpaired) electrons. The number of hydrogen-bond acceptors (Lipinski definition) is 2. The summed E-state index contributed by atoms with van der Waals surface area (Å²) in [6.07, 6.45) is 0. The molecule has 0 amide bonds. The Labute approximate surface area is 70.6 Å². The SMILES string of the molecule is N#Cc1ccc(NCCF)cc1. The highest BCUT2D eigenvalue weighted by Crippen LogP contribution is 2.07. The third-order valence-electron chi connectivity index (χ3n) is 1.44. The van der Waals surface area contributed by atoms with Crippen LogP contribution in [-0.2, 0) is 0 Å². The minimum atomic E-state index is -0.389. The molecule has 0 atom stereocenters. The standard InChI is InChI=1S/C9H9FN2/c10-5-6-12-9-3-1-8(7-11)2-4-9/h1-4,12H,5-6H2. The van der Waals surface area contributed by atoms with E-state index in [2.05, 4.69) is 5.32 Å². The maximum Gasteiger partial charge on any atom is 0.107 e. The van der Waals surface area contributed by atoms with Gasteiger partial charge in [0.05, 0.1) is 11.6 Å². The van der Waals surface area contributed by atoms with Crippen LogP contribution in [0.2, 0.25) is 0 Å². The van der Waals surface area contributed by atoms with Crippen LogP contribution < -0.4 is 5.32 Å². The van der Waals surface area contributed by atoms with Gasteiger partial charge in [0.25, 0.3) is 0 Å². The average molecular weight is 164 g/mol. The van der Waals surface area contributed by atoms with E-state index < -0.39 is 0 Å². The highest BCUT2D eigenvalue weighted by atomic mass is 19.1. The highest BCUT2D eigenvalue weighted by Gasteiger charge is 1.91. The predicted molar refractivity (Wildman–Crippen MR) is 45.6 cm³/mol. The second-order valence-corrected chi connectivity index (χ2v) is 2.30. The molecule has 2 nitrogen and oxygen atoms in total. The quantitative estimate of drug-likeness (QED) is 0.741. The summed E-state index contributed by atoms with van der Waals surface area (Å²) in [6, 6.07) is 8.91. The van der Waals surface area contributed by atoms with Gasteiger partial charge in [-0.1, -0.05) is 0 Å². The Balaban J connectivity index is 2.60. The third-order valence-corrected chi connectivity index (χ3v) is 1.44. The molecule has 12 heavy (non-hydrogen) atoms. The van der Waals surface area contributed by atoms with Crippen LogP contribution in [-0.4, -0.2) is 13.2 Å². The van der Waals surface area contributed by atoms with Crippen LogP contribution >= 0.6 is 0 Å². The van der Waals surface area contributed by atoms with Gasteiger partial charge in [-0.25, -0.2) is 4.39 Å². The number of nitrogens with zero attached hydrogens (tertiary/aromatic N) is 1. The van der Waals surface area contributed by atoms with Gasteiger partial charge >= 0.3 is 0 Å². The summed E-state index contributed by atoms with van der Waals surface area (Å²) in [5.41, 5.74) is 1.45. The van der Waals surface area contributed by atoms with Gasteiger partial charge in [-0.3, -0.25) is 0 Å². The first-order chi connectivity index (χ1) is 5.86. The van der Waals surface area contributed by atoms with Gasteiger partial charge in [-0.15, -0.1) is 0 Å². The third kappa shape index (κ3) is 2.24. The molecule has 0 fully saturated rings. The van der Waals surface area contributed by atoms with Crippen molar-refractivity contribution in [1.82, 2.24) is 0 Å². The number of benzene rings is 1. The molecular weight excluding hydrogens is 155 g/mol. The molecule has 0 saturated heterocycles. The fourth-order valence-electron chi connectivity index (χ4n) is 0.854. The van der Waals surface area contributed by atoms with Gasteiger partial charge < -0.3 is 5.32 Å². The number of nitrogens with one attached hydrogen (secondary N) is 1. The van der Waals surface area contributed by atoms with Gasteiger partial charge in [0, 0.05) is 12.2 Å². The van der Waals surface area contributed by atoms with Crippen molar-refractivity contribution in [3.05, 3.63) is 29.8 Å². The molecule has 0 aliphatic heterocycles. The molecule has 0 heterocycles. The molecule has 0 aliphatic carbocycles. The molecule has 3 heteroatoms. The van der Waals surface area contributed by atoms with E-state index in [1.165, 1.54) is 0 Å². The number of anilines is 1. The number of nitriles is 1. The maximum absolute atomic E-state index is 11.7. The zero-order chi connectivity index (χ0) is 8.81. The zero-order valence-corrected chi connectivity index (χ0v) is 6.55. The van der Waals surface area contributed by atoms with E-state index in [0.717, 1.165) is 5.69 Å². The first-order valence-electron chi connectivity index (χ1n) is 3.67. The van der Waals surface area contributed by atoms with E-state index in [4.69, 9.17) is 5.26 Å². The molecule has 0 unspecified atom stereocenters. The lowest BCUT2D eigenvalue weighted by molar-refractivity contribution is 0.513. The van der Waals surface area contributed by atoms with Crippen molar-refractivity contribution < 1.29 is 4.39 Å². The Bertz CT molecular complexity index is 274. The van der Waals surface area contributed by atoms with Crippen LogP contribution in [0.15, 0.2) is 24.3 Å². The van der Waals surface area contributed by atoms with Gasteiger partial charge in [0.15, 0.2) is 0 Å². The van der Waals surface area contributed by atoms with Gasteiger partial charge in [0.2, 0.25) is 0 Å². The molecule has 1 aromatic carbocycles. The minimum absolute atomic E-state index is 0.311. The Morgan fingerprint density at radius 1 is 1.33 bits per heavy atom. The molecule has 1 N–H and O–H groups in total. The zero-order valence-electron chi connectivity index (χ0n) is 6.55. The Morgan fingerprint density at radius 2 is 2.00 bits per heavy atom. The topological polar surface area (TPSA) is 35.8 Å². The van der Waals surface area contributed by atoms with Gasteiger partial charge in [-0.2, -0.15) is 5.26 Å². The first kappa shape index (κ1) is 8.54. The second-order valence-electron chi connectivity index (χ2n) is 2.30.